The topological polar surface area (TPSA) is 70.3 Å². The molecule has 1 aliphatic heterocycles. The van der Waals surface area contributed by atoms with E-state index in [9.17, 15) is 4.79 Å². The average molecular weight is 349 g/mol. The zero-order chi connectivity index (χ0) is 17.4. The largest absolute Gasteiger partial charge is 0.280 e. The third-order valence-corrected chi connectivity index (χ3v) is 4.79. The van der Waals surface area contributed by atoms with E-state index >= 15 is 0 Å². The lowest BCUT2D eigenvalue weighted by Gasteiger charge is -2.11. The molecule has 0 aliphatic carbocycles. The van der Waals surface area contributed by atoms with Crippen LogP contribution >= 0.6 is 11.3 Å². The predicted octanol–water partition coefficient (Wildman–Crippen LogP) is 4.48. The van der Waals surface area contributed by atoms with E-state index in [0.717, 1.165) is 15.9 Å². The average Bonchev–Trinajstić information content (AvgIpc) is 3.14. The first kappa shape index (κ1) is 15.6. The maximum atomic E-state index is 12.6. The maximum absolute atomic E-state index is 12.6. The first-order chi connectivity index (χ1) is 12.1. The number of hydrogen-bond donors (Lipinski definition) is 0. The van der Waals surface area contributed by atoms with E-state index in [0.29, 0.717) is 10.8 Å². The number of carbonyl (C=O) groups is 1. The Morgan fingerprint density at radius 2 is 1.92 bits per heavy atom. The van der Waals surface area contributed by atoms with E-state index in [1.165, 1.54) is 21.9 Å². The second-order valence-electron chi connectivity index (χ2n) is 5.81. The molecule has 0 saturated heterocycles. The van der Waals surface area contributed by atoms with Gasteiger partial charge < -0.3 is 0 Å². The molecule has 0 bridgehead atoms. The Morgan fingerprint density at radius 1 is 1.12 bits per heavy atom. The third-order valence-electron chi connectivity index (χ3n) is 3.89. The Labute approximate surface area is 148 Å². The summed E-state index contributed by atoms with van der Waals surface area (Å²) in [6, 6.07) is 14.6. The maximum Gasteiger partial charge on any atom is 0.280 e. The lowest BCUT2D eigenvalue weighted by Crippen LogP contribution is -2.29. The Morgan fingerprint density at radius 3 is 2.72 bits per heavy atom. The standard InChI is InChI=1S/C18H15N5OS/c1-11-8-9-14-15(10-11)25-18(19-14)21-20-16-12(2)22-23(17(16)24)13-6-4-3-5-7-13/h3-10,16H,1-2H3. The van der Waals surface area contributed by atoms with E-state index in [1.807, 2.05) is 49.4 Å². The highest BCUT2D eigenvalue weighted by atomic mass is 32.1. The Balaban J connectivity index is 1.58. The van der Waals surface area contributed by atoms with Gasteiger partial charge in [0.1, 0.15) is 0 Å². The van der Waals surface area contributed by atoms with Gasteiger partial charge in [0, 0.05) is 0 Å². The summed E-state index contributed by atoms with van der Waals surface area (Å²) < 4.78 is 1.06. The number of fused-ring (bicyclic) bond motifs is 1. The summed E-state index contributed by atoms with van der Waals surface area (Å²) in [6.07, 6.45) is 0. The van der Waals surface area contributed by atoms with Crippen LogP contribution in [-0.2, 0) is 4.79 Å². The van der Waals surface area contributed by atoms with Crippen molar-refractivity contribution in [1.29, 1.82) is 0 Å². The van der Waals surface area contributed by atoms with Crippen molar-refractivity contribution in [3.63, 3.8) is 0 Å². The number of nitrogens with zero attached hydrogens (tertiary/aromatic N) is 5. The molecule has 1 unspecified atom stereocenters. The molecule has 4 rings (SSSR count). The minimum Gasteiger partial charge on any atom is -0.269 e. The smallest absolute Gasteiger partial charge is 0.269 e. The summed E-state index contributed by atoms with van der Waals surface area (Å²) in [5, 5.41) is 14.6. The second-order valence-corrected chi connectivity index (χ2v) is 6.82. The van der Waals surface area contributed by atoms with E-state index in [2.05, 4.69) is 26.4 Å². The number of para-hydroxylation sites is 1. The van der Waals surface area contributed by atoms with Gasteiger partial charge in [-0.25, -0.2) is 4.98 Å². The van der Waals surface area contributed by atoms with Crippen LogP contribution in [-0.4, -0.2) is 22.6 Å². The molecule has 1 atom stereocenters. The number of aryl methyl sites for hydroxylation is 1. The Bertz CT molecular complexity index is 1010. The van der Waals surface area contributed by atoms with Crippen LogP contribution in [0.15, 0.2) is 63.9 Å². The predicted molar refractivity (Wildman–Crippen MR) is 99.7 cm³/mol. The third kappa shape index (κ3) is 2.94. The molecule has 0 saturated carbocycles. The van der Waals surface area contributed by atoms with Crippen molar-refractivity contribution in [2.45, 2.75) is 19.9 Å². The molecule has 0 spiro atoms. The van der Waals surface area contributed by atoms with Crippen LogP contribution in [0.2, 0.25) is 0 Å². The van der Waals surface area contributed by atoms with Gasteiger partial charge in [0.15, 0.2) is 6.04 Å². The van der Waals surface area contributed by atoms with Gasteiger partial charge in [-0.05, 0) is 43.7 Å². The molecule has 1 amide bonds. The first-order valence-corrected chi connectivity index (χ1v) is 8.65. The van der Waals surface area contributed by atoms with Gasteiger partial charge in [0.05, 0.1) is 21.6 Å². The van der Waals surface area contributed by atoms with E-state index in [-0.39, 0.29) is 5.91 Å². The monoisotopic (exact) mass is 349 g/mol. The molecule has 0 N–H and O–H groups in total. The molecule has 0 radical (unpaired) electrons. The van der Waals surface area contributed by atoms with Crippen LogP contribution in [0.3, 0.4) is 0 Å². The molecule has 1 aliphatic rings. The van der Waals surface area contributed by atoms with E-state index in [4.69, 9.17) is 0 Å². The summed E-state index contributed by atoms with van der Waals surface area (Å²) in [5.74, 6) is -0.204. The van der Waals surface area contributed by atoms with Crippen LogP contribution in [0.5, 0.6) is 0 Å². The Kier molecular flexibility index (Phi) is 3.85. The molecule has 7 heteroatoms. The Hall–Kier alpha value is -2.93. The number of benzene rings is 2. The summed E-state index contributed by atoms with van der Waals surface area (Å²) in [7, 11) is 0. The van der Waals surface area contributed by atoms with E-state index in [1.54, 1.807) is 6.92 Å². The van der Waals surface area contributed by atoms with Gasteiger partial charge in [-0.15, -0.1) is 5.11 Å². The SMILES string of the molecule is CC1=NN(c2ccccc2)C(=O)C1N=Nc1nc2ccc(C)cc2s1. The zero-order valence-corrected chi connectivity index (χ0v) is 14.6. The minimum absolute atomic E-state index is 0.204. The van der Waals surface area contributed by atoms with Crippen molar-refractivity contribution in [1.82, 2.24) is 4.98 Å². The number of aromatic nitrogens is 1. The second kappa shape index (κ2) is 6.18. The van der Waals surface area contributed by atoms with Gasteiger partial charge in [-0.2, -0.15) is 15.2 Å². The number of hydrazone groups is 1. The highest BCUT2D eigenvalue weighted by Crippen LogP contribution is 2.30. The number of amides is 1. The quantitative estimate of drug-likeness (QED) is 0.654. The summed E-state index contributed by atoms with van der Waals surface area (Å²) >= 11 is 1.46. The van der Waals surface area contributed by atoms with Crippen molar-refractivity contribution >= 4 is 44.0 Å². The lowest BCUT2D eigenvalue weighted by molar-refractivity contribution is -0.117. The van der Waals surface area contributed by atoms with Crippen LogP contribution in [0.4, 0.5) is 10.8 Å². The lowest BCUT2D eigenvalue weighted by atomic mass is 10.2. The van der Waals surface area contributed by atoms with E-state index < -0.39 is 6.04 Å². The summed E-state index contributed by atoms with van der Waals surface area (Å²) in [5.41, 5.74) is 3.40. The van der Waals surface area contributed by atoms with Crippen LogP contribution in [0.1, 0.15) is 12.5 Å². The first-order valence-electron chi connectivity index (χ1n) is 7.84. The fourth-order valence-electron chi connectivity index (χ4n) is 2.61. The number of carbonyl (C=O) groups excluding carboxylic acids is 1. The minimum atomic E-state index is -0.700. The van der Waals surface area contributed by atoms with Crippen molar-refractivity contribution in [2.75, 3.05) is 5.01 Å². The highest BCUT2D eigenvalue weighted by molar-refractivity contribution is 7.21. The zero-order valence-electron chi connectivity index (χ0n) is 13.7. The van der Waals surface area contributed by atoms with Gasteiger partial charge in [-0.1, -0.05) is 35.6 Å². The molecular formula is C18H15N5OS. The summed E-state index contributed by atoms with van der Waals surface area (Å²) in [4.78, 5) is 17.0. The van der Waals surface area contributed by atoms with Gasteiger partial charge >= 0.3 is 0 Å². The number of azo groups is 1. The van der Waals surface area contributed by atoms with Crippen LogP contribution in [0.25, 0.3) is 10.2 Å². The molecule has 2 heterocycles. The van der Waals surface area contributed by atoms with Gasteiger partial charge in [-0.3, -0.25) is 4.79 Å². The van der Waals surface area contributed by atoms with Crippen molar-refractivity contribution in [2.24, 2.45) is 15.3 Å². The van der Waals surface area contributed by atoms with Crippen molar-refractivity contribution < 1.29 is 4.79 Å². The number of hydrogen-bond acceptors (Lipinski definition) is 6. The molecule has 2 aromatic carbocycles. The molecular weight excluding hydrogens is 334 g/mol. The molecule has 6 nitrogen and oxygen atoms in total. The number of rotatable bonds is 3. The van der Waals surface area contributed by atoms with Crippen LogP contribution < -0.4 is 5.01 Å². The highest BCUT2D eigenvalue weighted by Gasteiger charge is 2.34. The molecule has 0 fully saturated rings. The van der Waals surface area contributed by atoms with Crippen molar-refractivity contribution in [3.05, 3.63) is 54.1 Å². The number of anilines is 1. The number of thiazole rings is 1. The van der Waals surface area contributed by atoms with Gasteiger partial charge in [0.2, 0.25) is 5.13 Å². The van der Waals surface area contributed by atoms with Crippen LogP contribution in [0, 0.1) is 6.92 Å². The molecule has 25 heavy (non-hydrogen) atoms. The fraction of sp³-hybridized carbons (Fsp3) is 0.167. The van der Waals surface area contributed by atoms with Crippen molar-refractivity contribution in [3.8, 4) is 0 Å². The molecule has 1 aromatic heterocycles. The molecule has 124 valence electrons. The fourth-order valence-corrected chi connectivity index (χ4v) is 3.50. The van der Waals surface area contributed by atoms with Gasteiger partial charge in [0.25, 0.3) is 5.91 Å². The molecule has 3 aromatic rings. The normalized spacial score (nSPS) is 17.7. The summed E-state index contributed by atoms with van der Waals surface area (Å²) in [6.45, 7) is 3.82.